The summed E-state index contributed by atoms with van der Waals surface area (Å²) in [6.45, 7) is 0. The molecule has 0 spiro atoms. The van der Waals surface area contributed by atoms with Crippen molar-refractivity contribution >= 4 is 17.4 Å². The molecule has 1 heterocycles. The van der Waals surface area contributed by atoms with Gasteiger partial charge in [-0.15, -0.1) is 16.9 Å². The van der Waals surface area contributed by atoms with Gasteiger partial charge in [0.2, 0.25) is 0 Å². The van der Waals surface area contributed by atoms with Crippen molar-refractivity contribution in [3.8, 4) is 5.75 Å². The highest BCUT2D eigenvalue weighted by Crippen LogP contribution is 2.30. The molecule has 0 saturated heterocycles. The van der Waals surface area contributed by atoms with E-state index >= 15 is 0 Å². The predicted molar refractivity (Wildman–Crippen MR) is 68.0 cm³/mol. The van der Waals surface area contributed by atoms with Crippen LogP contribution in [0.4, 0.5) is 5.69 Å². The number of methoxy groups -OCH3 is 1. The van der Waals surface area contributed by atoms with Crippen LogP contribution in [0.3, 0.4) is 0 Å². The first-order chi connectivity index (χ1) is 8.19. The Labute approximate surface area is 104 Å². The average molecular weight is 250 g/mol. The minimum Gasteiger partial charge on any atom is -0.497 e. The van der Waals surface area contributed by atoms with Crippen LogP contribution in [0.25, 0.3) is 0 Å². The molecule has 0 atom stereocenters. The fraction of sp³-hybridized carbons (Fsp3) is 0.273. The number of thioether (sulfide) groups is 1. The summed E-state index contributed by atoms with van der Waals surface area (Å²) in [4.78, 5) is 0.995. The van der Waals surface area contributed by atoms with E-state index in [4.69, 9.17) is 10.5 Å². The maximum atomic E-state index is 5.90. The molecule has 0 amide bonds. The van der Waals surface area contributed by atoms with Crippen molar-refractivity contribution < 1.29 is 4.74 Å². The van der Waals surface area contributed by atoms with Crippen LogP contribution in [0.15, 0.2) is 29.3 Å². The normalized spacial score (nSPS) is 10.5. The van der Waals surface area contributed by atoms with E-state index in [1.807, 2.05) is 31.4 Å². The molecular weight excluding hydrogens is 236 g/mol. The molecule has 0 unspecified atom stereocenters. The summed E-state index contributed by atoms with van der Waals surface area (Å²) < 4.78 is 6.85. The fourth-order valence-electron chi connectivity index (χ4n) is 1.38. The summed E-state index contributed by atoms with van der Waals surface area (Å²) in [6, 6.07) is 5.62. The minimum absolute atomic E-state index is 0.741. The maximum absolute atomic E-state index is 5.90. The molecule has 17 heavy (non-hydrogen) atoms. The zero-order chi connectivity index (χ0) is 12.3. The van der Waals surface area contributed by atoms with Gasteiger partial charge in [0.05, 0.1) is 12.8 Å². The molecule has 2 N–H and O–H groups in total. The van der Waals surface area contributed by atoms with Gasteiger partial charge >= 0.3 is 0 Å². The third kappa shape index (κ3) is 2.91. The van der Waals surface area contributed by atoms with E-state index in [1.165, 1.54) is 0 Å². The molecular formula is C11H14N4OS. The SMILES string of the molecule is COc1ccc(N)c(SCc2cn(C)nn2)c1. The highest BCUT2D eigenvalue weighted by molar-refractivity contribution is 7.98. The molecule has 0 aliphatic rings. The lowest BCUT2D eigenvalue weighted by atomic mass is 10.3. The Hall–Kier alpha value is -1.69. The summed E-state index contributed by atoms with van der Waals surface area (Å²) in [5, 5.41) is 7.91. The van der Waals surface area contributed by atoms with Crippen LogP contribution in [-0.2, 0) is 12.8 Å². The molecule has 1 aromatic heterocycles. The number of nitrogens with zero attached hydrogens (tertiary/aromatic N) is 3. The average Bonchev–Trinajstić information content (AvgIpc) is 2.74. The Morgan fingerprint density at radius 3 is 2.94 bits per heavy atom. The lowest BCUT2D eigenvalue weighted by molar-refractivity contribution is 0.414. The van der Waals surface area contributed by atoms with Crippen molar-refractivity contribution in [3.63, 3.8) is 0 Å². The van der Waals surface area contributed by atoms with Crippen molar-refractivity contribution in [3.05, 3.63) is 30.1 Å². The highest BCUT2D eigenvalue weighted by Gasteiger charge is 2.05. The van der Waals surface area contributed by atoms with E-state index in [0.717, 1.165) is 27.8 Å². The van der Waals surface area contributed by atoms with Gasteiger partial charge in [-0.3, -0.25) is 4.68 Å². The number of hydrogen-bond acceptors (Lipinski definition) is 5. The first kappa shape index (κ1) is 11.8. The molecule has 0 saturated carbocycles. The number of benzene rings is 1. The van der Waals surface area contributed by atoms with Crippen molar-refractivity contribution in [2.45, 2.75) is 10.6 Å². The van der Waals surface area contributed by atoms with E-state index in [1.54, 1.807) is 23.6 Å². The molecule has 0 aliphatic carbocycles. The number of anilines is 1. The molecule has 2 rings (SSSR count). The summed E-state index contributed by atoms with van der Waals surface area (Å²) >= 11 is 1.62. The number of nitrogen functional groups attached to an aromatic ring is 1. The Bertz CT molecular complexity index is 512. The van der Waals surface area contributed by atoms with Gasteiger partial charge < -0.3 is 10.5 Å². The van der Waals surface area contributed by atoms with Crippen molar-refractivity contribution in [2.24, 2.45) is 7.05 Å². The van der Waals surface area contributed by atoms with Crippen LogP contribution in [0, 0.1) is 0 Å². The Morgan fingerprint density at radius 1 is 1.47 bits per heavy atom. The van der Waals surface area contributed by atoms with Gasteiger partial charge in [-0.2, -0.15) is 0 Å². The zero-order valence-corrected chi connectivity index (χ0v) is 10.6. The summed E-state index contributed by atoms with van der Waals surface area (Å²) in [7, 11) is 3.49. The number of aromatic nitrogens is 3. The summed E-state index contributed by atoms with van der Waals surface area (Å²) in [6.07, 6.45) is 1.89. The van der Waals surface area contributed by atoms with Gasteiger partial charge in [-0.25, -0.2) is 0 Å². The second kappa shape index (κ2) is 5.09. The van der Waals surface area contributed by atoms with Crippen molar-refractivity contribution in [2.75, 3.05) is 12.8 Å². The first-order valence-electron chi connectivity index (χ1n) is 5.10. The van der Waals surface area contributed by atoms with Crippen LogP contribution in [0.5, 0.6) is 5.75 Å². The third-order valence-corrected chi connectivity index (χ3v) is 3.35. The van der Waals surface area contributed by atoms with Gasteiger partial charge in [0.1, 0.15) is 5.75 Å². The molecule has 0 aliphatic heterocycles. The highest BCUT2D eigenvalue weighted by atomic mass is 32.2. The van der Waals surface area contributed by atoms with Gasteiger partial charge in [-0.1, -0.05) is 5.21 Å². The van der Waals surface area contributed by atoms with Gasteiger partial charge in [0.25, 0.3) is 0 Å². The third-order valence-electron chi connectivity index (χ3n) is 2.25. The molecule has 5 nitrogen and oxygen atoms in total. The second-order valence-corrected chi connectivity index (χ2v) is 4.59. The summed E-state index contributed by atoms with van der Waals surface area (Å²) in [5.41, 5.74) is 7.58. The quantitative estimate of drug-likeness (QED) is 0.661. The van der Waals surface area contributed by atoms with E-state index in [-0.39, 0.29) is 0 Å². The van der Waals surface area contributed by atoms with Crippen LogP contribution >= 0.6 is 11.8 Å². The van der Waals surface area contributed by atoms with E-state index in [0.29, 0.717) is 0 Å². The molecule has 0 fully saturated rings. The van der Waals surface area contributed by atoms with E-state index in [9.17, 15) is 0 Å². The lowest BCUT2D eigenvalue weighted by Gasteiger charge is -2.06. The number of nitrogens with two attached hydrogens (primary N) is 1. The first-order valence-corrected chi connectivity index (χ1v) is 6.09. The van der Waals surface area contributed by atoms with E-state index < -0.39 is 0 Å². The van der Waals surface area contributed by atoms with Crippen LogP contribution < -0.4 is 10.5 Å². The van der Waals surface area contributed by atoms with Crippen LogP contribution in [0.1, 0.15) is 5.69 Å². The standard InChI is InChI=1S/C11H14N4OS/c1-15-6-8(13-14-15)7-17-11-5-9(16-2)3-4-10(11)12/h3-6H,7,12H2,1-2H3. The number of ether oxygens (including phenoxy) is 1. The smallest absolute Gasteiger partial charge is 0.120 e. The van der Waals surface area contributed by atoms with Crippen LogP contribution in [-0.4, -0.2) is 22.1 Å². The fourth-order valence-corrected chi connectivity index (χ4v) is 2.25. The maximum Gasteiger partial charge on any atom is 0.120 e. The monoisotopic (exact) mass is 250 g/mol. The lowest BCUT2D eigenvalue weighted by Crippen LogP contribution is -1.91. The number of rotatable bonds is 4. The van der Waals surface area contributed by atoms with Crippen molar-refractivity contribution in [1.82, 2.24) is 15.0 Å². The number of aryl methyl sites for hydroxylation is 1. The van der Waals surface area contributed by atoms with Gasteiger partial charge in [0.15, 0.2) is 0 Å². The molecule has 90 valence electrons. The van der Waals surface area contributed by atoms with Gasteiger partial charge in [0, 0.05) is 29.6 Å². The molecule has 0 radical (unpaired) electrons. The van der Waals surface area contributed by atoms with E-state index in [2.05, 4.69) is 10.3 Å². The molecule has 1 aromatic carbocycles. The largest absolute Gasteiger partial charge is 0.497 e. The summed E-state index contributed by atoms with van der Waals surface area (Å²) in [5.74, 6) is 1.55. The Kier molecular flexibility index (Phi) is 3.53. The molecule has 2 aromatic rings. The van der Waals surface area contributed by atoms with Gasteiger partial charge in [-0.05, 0) is 18.2 Å². The number of hydrogen-bond donors (Lipinski definition) is 1. The minimum atomic E-state index is 0.741. The Morgan fingerprint density at radius 2 is 2.29 bits per heavy atom. The predicted octanol–water partition coefficient (Wildman–Crippen LogP) is 1.70. The zero-order valence-electron chi connectivity index (χ0n) is 9.75. The molecule has 0 bridgehead atoms. The van der Waals surface area contributed by atoms with Crippen LogP contribution in [0.2, 0.25) is 0 Å². The second-order valence-electron chi connectivity index (χ2n) is 3.58. The Balaban J connectivity index is 2.07. The van der Waals surface area contributed by atoms with Crippen molar-refractivity contribution in [1.29, 1.82) is 0 Å². The topological polar surface area (TPSA) is 66.0 Å². The molecule has 6 heteroatoms.